The maximum Gasteiger partial charge on any atom is 0.0208 e. The highest BCUT2D eigenvalue weighted by Crippen LogP contribution is 2.15. The Kier molecular flexibility index (Phi) is 5.61. The fourth-order valence-corrected chi connectivity index (χ4v) is 3.46. The van der Waals surface area contributed by atoms with Crippen LogP contribution in [0.2, 0.25) is 0 Å². The molecule has 0 saturated heterocycles. The normalized spacial score (nSPS) is 11.0. The Labute approximate surface area is 161 Å². The van der Waals surface area contributed by atoms with E-state index < -0.39 is 0 Å². The molecule has 4 aromatic rings. The van der Waals surface area contributed by atoms with Crippen molar-refractivity contribution < 1.29 is 0 Å². The van der Waals surface area contributed by atoms with Crippen LogP contribution < -0.4 is 5.32 Å². The minimum absolute atomic E-state index is 0.889. The summed E-state index contributed by atoms with van der Waals surface area (Å²) in [6, 6.07) is 34.9. The van der Waals surface area contributed by atoms with Crippen molar-refractivity contribution in [3.05, 3.63) is 119 Å². The molecule has 134 valence electrons. The highest BCUT2D eigenvalue weighted by atomic mass is 14.8. The number of hydrogen-bond donors (Lipinski definition) is 1. The SMILES string of the molecule is c1ccc(CCc2ccc(CNCc3ccc4ccccc4c3)cc2)cc1. The van der Waals surface area contributed by atoms with Gasteiger partial charge in [-0.25, -0.2) is 0 Å². The Bertz CT molecular complexity index is 987. The van der Waals surface area contributed by atoms with Gasteiger partial charge in [-0.3, -0.25) is 0 Å². The van der Waals surface area contributed by atoms with Gasteiger partial charge in [-0.05, 0) is 51.9 Å². The zero-order valence-corrected chi connectivity index (χ0v) is 15.6. The van der Waals surface area contributed by atoms with Crippen LogP contribution in [0, 0.1) is 0 Å². The van der Waals surface area contributed by atoms with Crippen LogP contribution in [0.3, 0.4) is 0 Å². The quantitative estimate of drug-likeness (QED) is 0.436. The van der Waals surface area contributed by atoms with Crippen molar-refractivity contribution in [2.75, 3.05) is 0 Å². The summed E-state index contributed by atoms with van der Waals surface area (Å²) >= 11 is 0. The lowest BCUT2D eigenvalue weighted by molar-refractivity contribution is 0.693. The van der Waals surface area contributed by atoms with Gasteiger partial charge in [0.15, 0.2) is 0 Å². The highest BCUT2D eigenvalue weighted by Gasteiger charge is 1.99. The summed E-state index contributed by atoms with van der Waals surface area (Å²) < 4.78 is 0. The second-order valence-electron chi connectivity index (χ2n) is 7.09. The molecule has 0 fully saturated rings. The summed E-state index contributed by atoms with van der Waals surface area (Å²) in [6.45, 7) is 1.78. The third kappa shape index (κ3) is 4.84. The number of benzene rings is 4. The van der Waals surface area contributed by atoms with Gasteiger partial charge in [-0.15, -0.1) is 0 Å². The lowest BCUT2D eigenvalue weighted by Crippen LogP contribution is -2.12. The Balaban J connectivity index is 1.28. The van der Waals surface area contributed by atoms with Crippen LogP contribution in [0.25, 0.3) is 10.8 Å². The molecular weight excluding hydrogens is 326 g/mol. The van der Waals surface area contributed by atoms with Crippen LogP contribution in [0.5, 0.6) is 0 Å². The molecule has 1 heteroatoms. The smallest absolute Gasteiger partial charge is 0.0208 e. The molecule has 0 heterocycles. The molecule has 0 amide bonds. The van der Waals surface area contributed by atoms with Gasteiger partial charge in [-0.2, -0.15) is 0 Å². The summed E-state index contributed by atoms with van der Waals surface area (Å²) in [5.74, 6) is 0. The molecule has 0 radical (unpaired) electrons. The van der Waals surface area contributed by atoms with Gasteiger partial charge in [0.05, 0.1) is 0 Å². The molecule has 1 N–H and O–H groups in total. The summed E-state index contributed by atoms with van der Waals surface area (Å²) in [6.07, 6.45) is 2.19. The van der Waals surface area contributed by atoms with Gasteiger partial charge >= 0.3 is 0 Å². The summed E-state index contributed by atoms with van der Waals surface area (Å²) in [4.78, 5) is 0. The molecule has 0 aromatic heterocycles. The van der Waals surface area contributed by atoms with Crippen LogP contribution in [0.1, 0.15) is 22.3 Å². The van der Waals surface area contributed by atoms with Crippen LogP contribution in [0.15, 0.2) is 97.1 Å². The van der Waals surface area contributed by atoms with Crippen LogP contribution >= 0.6 is 0 Å². The molecule has 27 heavy (non-hydrogen) atoms. The third-order valence-electron chi connectivity index (χ3n) is 5.04. The van der Waals surface area contributed by atoms with E-state index in [0.717, 1.165) is 25.9 Å². The molecule has 1 nitrogen and oxygen atoms in total. The molecule has 4 aromatic carbocycles. The fourth-order valence-electron chi connectivity index (χ4n) is 3.46. The number of fused-ring (bicyclic) bond motifs is 1. The average molecular weight is 351 g/mol. The first-order chi connectivity index (χ1) is 13.4. The van der Waals surface area contributed by atoms with E-state index in [1.54, 1.807) is 0 Å². The fraction of sp³-hybridized carbons (Fsp3) is 0.154. The molecule has 0 atom stereocenters. The van der Waals surface area contributed by atoms with Crippen molar-refractivity contribution in [2.45, 2.75) is 25.9 Å². The summed E-state index contributed by atoms with van der Waals surface area (Å²) in [5.41, 5.74) is 5.46. The van der Waals surface area contributed by atoms with Crippen molar-refractivity contribution in [1.29, 1.82) is 0 Å². The zero-order valence-electron chi connectivity index (χ0n) is 15.6. The Morgan fingerprint density at radius 1 is 0.444 bits per heavy atom. The molecular formula is C26H25N. The highest BCUT2D eigenvalue weighted by molar-refractivity contribution is 5.82. The monoisotopic (exact) mass is 351 g/mol. The second kappa shape index (κ2) is 8.66. The van der Waals surface area contributed by atoms with Crippen LogP contribution in [-0.4, -0.2) is 0 Å². The number of nitrogens with one attached hydrogen (secondary N) is 1. The molecule has 0 aliphatic heterocycles. The standard InChI is InChI=1S/C26H25N/c1-2-6-21(7-3-1)10-11-22-12-14-23(15-13-22)19-27-20-24-16-17-25-8-4-5-9-26(25)18-24/h1-9,12-18,27H,10-11,19-20H2. The predicted molar refractivity (Wildman–Crippen MR) is 115 cm³/mol. The Hall–Kier alpha value is -2.90. The molecule has 0 aliphatic rings. The van der Waals surface area contributed by atoms with Gasteiger partial charge in [-0.1, -0.05) is 91.0 Å². The van der Waals surface area contributed by atoms with Gasteiger partial charge < -0.3 is 5.32 Å². The first-order valence-electron chi connectivity index (χ1n) is 9.67. The van der Waals surface area contributed by atoms with Crippen molar-refractivity contribution in [2.24, 2.45) is 0 Å². The topological polar surface area (TPSA) is 12.0 Å². The minimum atomic E-state index is 0.889. The van der Waals surface area contributed by atoms with Gasteiger partial charge in [0.1, 0.15) is 0 Å². The number of aryl methyl sites for hydroxylation is 2. The van der Waals surface area contributed by atoms with E-state index in [1.165, 1.54) is 33.0 Å². The average Bonchev–Trinajstić information content (AvgIpc) is 2.74. The second-order valence-corrected chi connectivity index (χ2v) is 7.09. The Morgan fingerprint density at radius 2 is 1.00 bits per heavy atom. The first kappa shape index (κ1) is 17.5. The number of rotatable bonds is 7. The van der Waals surface area contributed by atoms with E-state index in [-0.39, 0.29) is 0 Å². The van der Waals surface area contributed by atoms with Gasteiger partial charge in [0.25, 0.3) is 0 Å². The van der Waals surface area contributed by atoms with Crippen molar-refractivity contribution in [1.82, 2.24) is 5.32 Å². The maximum atomic E-state index is 3.56. The van der Waals surface area contributed by atoms with Crippen molar-refractivity contribution >= 4 is 10.8 Å². The molecule has 4 rings (SSSR count). The number of hydrogen-bond acceptors (Lipinski definition) is 1. The van der Waals surface area contributed by atoms with Gasteiger partial charge in [0.2, 0.25) is 0 Å². The lowest BCUT2D eigenvalue weighted by Gasteiger charge is -2.08. The van der Waals surface area contributed by atoms with E-state index >= 15 is 0 Å². The summed E-state index contributed by atoms with van der Waals surface area (Å²) in [5, 5.41) is 6.16. The van der Waals surface area contributed by atoms with Crippen LogP contribution in [0.4, 0.5) is 0 Å². The van der Waals surface area contributed by atoms with Crippen molar-refractivity contribution in [3.8, 4) is 0 Å². The first-order valence-corrected chi connectivity index (χ1v) is 9.67. The van der Waals surface area contributed by atoms with E-state index in [0.29, 0.717) is 0 Å². The van der Waals surface area contributed by atoms with Crippen LogP contribution in [-0.2, 0) is 25.9 Å². The largest absolute Gasteiger partial charge is 0.309 e. The van der Waals surface area contributed by atoms with E-state index in [1.807, 2.05) is 0 Å². The molecule has 0 bridgehead atoms. The lowest BCUT2D eigenvalue weighted by atomic mass is 10.0. The van der Waals surface area contributed by atoms with E-state index in [2.05, 4.69) is 102 Å². The summed E-state index contributed by atoms with van der Waals surface area (Å²) in [7, 11) is 0. The zero-order chi connectivity index (χ0) is 18.3. The maximum absolute atomic E-state index is 3.56. The molecule has 0 saturated carbocycles. The molecule has 0 aliphatic carbocycles. The third-order valence-corrected chi connectivity index (χ3v) is 5.04. The Morgan fingerprint density at radius 3 is 1.78 bits per heavy atom. The molecule has 0 spiro atoms. The van der Waals surface area contributed by atoms with Crippen molar-refractivity contribution in [3.63, 3.8) is 0 Å². The van der Waals surface area contributed by atoms with E-state index in [4.69, 9.17) is 0 Å². The molecule has 0 unspecified atom stereocenters. The predicted octanol–water partition coefficient (Wildman–Crippen LogP) is 5.91. The minimum Gasteiger partial charge on any atom is -0.309 e. The van der Waals surface area contributed by atoms with E-state index in [9.17, 15) is 0 Å². The van der Waals surface area contributed by atoms with Gasteiger partial charge in [0, 0.05) is 13.1 Å².